The molecule has 0 unspecified atom stereocenters. The van der Waals surface area contributed by atoms with E-state index in [2.05, 4.69) is 9.69 Å². The largest absolute Gasteiger partial charge is 0.490 e. The molecule has 1 saturated heterocycles. The van der Waals surface area contributed by atoms with Gasteiger partial charge in [-0.3, -0.25) is 0 Å². The Hall–Kier alpha value is -1.05. The summed E-state index contributed by atoms with van der Waals surface area (Å²) in [5.74, 6) is 0.921. The molecular formula is C10H17N3O3S. The van der Waals surface area contributed by atoms with E-state index in [1.807, 2.05) is 0 Å². The van der Waals surface area contributed by atoms with Gasteiger partial charge in [-0.2, -0.15) is 4.37 Å². The average Bonchev–Trinajstić information content (AvgIpc) is 2.68. The molecule has 0 radical (unpaired) electrons. The van der Waals surface area contributed by atoms with Crippen molar-refractivity contribution in [1.82, 2.24) is 4.37 Å². The van der Waals surface area contributed by atoms with Gasteiger partial charge in [-0.1, -0.05) is 0 Å². The molecule has 0 aromatic carbocycles. The summed E-state index contributed by atoms with van der Waals surface area (Å²) >= 11 is 1.23. The molecule has 1 aliphatic rings. The van der Waals surface area contributed by atoms with Gasteiger partial charge in [0.05, 0.1) is 12.7 Å². The fraction of sp³-hybridized carbons (Fsp3) is 0.700. The van der Waals surface area contributed by atoms with Crippen LogP contribution in [0.1, 0.15) is 12.8 Å². The molecule has 0 amide bonds. The zero-order chi connectivity index (χ0) is 12.3. The topological polar surface area (TPSA) is 89.6 Å². The summed E-state index contributed by atoms with van der Waals surface area (Å²) in [4.78, 5) is 0. The Morgan fingerprint density at radius 3 is 2.94 bits per heavy atom. The lowest BCUT2D eigenvalue weighted by atomic mass is 9.94. The summed E-state index contributed by atoms with van der Waals surface area (Å²) in [6, 6.07) is 0. The van der Waals surface area contributed by atoms with Crippen LogP contribution in [-0.2, 0) is 4.74 Å². The second kappa shape index (κ2) is 5.07. The molecule has 1 aliphatic heterocycles. The molecule has 7 heteroatoms. The summed E-state index contributed by atoms with van der Waals surface area (Å²) in [6.07, 6.45) is 1.27. The van der Waals surface area contributed by atoms with Gasteiger partial charge >= 0.3 is 0 Å². The van der Waals surface area contributed by atoms with Gasteiger partial charge in [0.2, 0.25) is 0 Å². The second-order valence-corrected chi connectivity index (χ2v) is 4.89. The normalized spacial score (nSPS) is 18.9. The summed E-state index contributed by atoms with van der Waals surface area (Å²) in [6.45, 7) is 1.65. The number of anilines is 2. The Bertz CT molecular complexity index is 377. The van der Waals surface area contributed by atoms with Crippen molar-refractivity contribution in [2.45, 2.75) is 18.4 Å². The molecule has 1 aromatic heterocycles. The van der Waals surface area contributed by atoms with Gasteiger partial charge in [0, 0.05) is 32.6 Å². The van der Waals surface area contributed by atoms with Gasteiger partial charge in [0.15, 0.2) is 16.6 Å². The van der Waals surface area contributed by atoms with Gasteiger partial charge in [-0.15, -0.1) is 0 Å². The van der Waals surface area contributed by atoms with E-state index >= 15 is 0 Å². The number of methoxy groups -OCH3 is 1. The van der Waals surface area contributed by atoms with Gasteiger partial charge in [-0.25, -0.2) is 0 Å². The number of aromatic nitrogens is 1. The fourth-order valence-electron chi connectivity index (χ4n) is 1.78. The number of nitrogens with one attached hydrogen (secondary N) is 1. The van der Waals surface area contributed by atoms with Crippen LogP contribution in [0.25, 0.3) is 0 Å². The standard InChI is InChI=1S/C10H17N3O3S/c1-15-7-8(11)13-17-9(7)12-6-10(14)2-4-16-5-3-10/h12,14H,2-6H2,1H3,(H2,11,13). The molecule has 0 spiro atoms. The van der Waals surface area contributed by atoms with Crippen LogP contribution in [0.5, 0.6) is 5.75 Å². The highest BCUT2D eigenvalue weighted by atomic mass is 32.1. The number of aliphatic hydroxyl groups is 1. The summed E-state index contributed by atoms with van der Waals surface area (Å²) in [7, 11) is 1.55. The number of rotatable bonds is 4. The third kappa shape index (κ3) is 2.80. The molecule has 2 heterocycles. The zero-order valence-corrected chi connectivity index (χ0v) is 10.5. The van der Waals surface area contributed by atoms with Gasteiger partial charge in [0.25, 0.3) is 0 Å². The van der Waals surface area contributed by atoms with E-state index in [-0.39, 0.29) is 0 Å². The van der Waals surface area contributed by atoms with E-state index in [1.165, 1.54) is 11.5 Å². The number of nitrogens with zero attached hydrogens (tertiary/aromatic N) is 1. The van der Waals surface area contributed by atoms with Crippen LogP contribution in [0.2, 0.25) is 0 Å². The van der Waals surface area contributed by atoms with Crippen LogP contribution in [-0.4, -0.2) is 41.9 Å². The second-order valence-electron chi connectivity index (χ2n) is 4.12. The Balaban J connectivity index is 1.96. The first-order valence-electron chi connectivity index (χ1n) is 5.48. The molecular weight excluding hydrogens is 242 g/mol. The van der Waals surface area contributed by atoms with Crippen molar-refractivity contribution in [2.75, 3.05) is 37.9 Å². The van der Waals surface area contributed by atoms with Crippen molar-refractivity contribution in [1.29, 1.82) is 0 Å². The predicted octanol–water partition coefficient (Wildman–Crippen LogP) is 0.687. The molecule has 1 fully saturated rings. The summed E-state index contributed by atoms with van der Waals surface area (Å²) < 4.78 is 14.4. The van der Waals surface area contributed by atoms with Gasteiger partial charge in [0.1, 0.15) is 0 Å². The molecule has 17 heavy (non-hydrogen) atoms. The van der Waals surface area contributed by atoms with Crippen molar-refractivity contribution in [3.05, 3.63) is 0 Å². The molecule has 1 aromatic rings. The summed E-state index contributed by atoms with van der Waals surface area (Å²) in [5, 5.41) is 14.2. The smallest absolute Gasteiger partial charge is 0.197 e. The van der Waals surface area contributed by atoms with E-state index in [0.29, 0.717) is 44.2 Å². The molecule has 96 valence electrons. The monoisotopic (exact) mass is 259 g/mol. The maximum absolute atomic E-state index is 10.3. The third-order valence-corrected chi connectivity index (χ3v) is 3.68. The number of hydrogen-bond donors (Lipinski definition) is 3. The minimum Gasteiger partial charge on any atom is -0.490 e. The lowest BCUT2D eigenvalue weighted by Crippen LogP contribution is -2.42. The van der Waals surface area contributed by atoms with Crippen LogP contribution >= 0.6 is 11.5 Å². The number of ether oxygens (including phenoxy) is 2. The first kappa shape index (κ1) is 12.4. The average molecular weight is 259 g/mol. The van der Waals surface area contributed by atoms with Crippen molar-refractivity contribution in [3.8, 4) is 5.75 Å². The molecule has 6 nitrogen and oxygen atoms in total. The van der Waals surface area contributed by atoms with Crippen LogP contribution in [0.3, 0.4) is 0 Å². The Kier molecular flexibility index (Phi) is 3.70. The molecule has 0 atom stereocenters. The number of hydrogen-bond acceptors (Lipinski definition) is 7. The van der Waals surface area contributed by atoms with Crippen LogP contribution < -0.4 is 15.8 Å². The maximum atomic E-state index is 10.3. The van der Waals surface area contributed by atoms with Gasteiger partial charge < -0.3 is 25.6 Å². The highest BCUT2D eigenvalue weighted by molar-refractivity contribution is 7.11. The molecule has 4 N–H and O–H groups in total. The maximum Gasteiger partial charge on any atom is 0.197 e. The first-order chi connectivity index (χ1) is 8.14. The molecule has 0 saturated carbocycles. The zero-order valence-electron chi connectivity index (χ0n) is 9.73. The van der Waals surface area contributed by atoms with Crippen molar-refractivity contribution < 1.29 is 14.6 Å². The molecule has 0 aliphatic carbocycles. The summed E-state index contributed by atoms with van der Waals surface area (Å²) in [5.41, 5.74) is 4.93. The lowest BCUT2D eigenvalue weighted by molar-refractivity contribution is -0.0543. The van der Waals surface area contributed by atoms with Gasteiger partial charge in [-0.05, 0) is 11.5 Å². The van der Waals surface area contributed by atoms with Crippen molar-refractivity contribution >= 4 is 22.4 Å². The number of nitrogens with two attached hydrogens (primary N) is 1. The van der Waals surface area contributed by atoms with Crippen LogP contribution in [0.15, 0.2) is 0 Å². The first-order valence-corrected chi connectivity index (χ1v) is 6.25. The molecule has 0 bridgehead atoms. The minimum atomic E-state index is -0.720. The SMILES string of the molecule is COc1c(N)nsc1NCC1(O)CCOCC1. The van der Waals surface area contributed by atoms with E-state index in [0.717, 1.165) is 5.00 Å². The van der Waals surface area contributed by atoms with Crippen LogP contribution in [0, 0.1) is 0 Å². The minimum absolute atomic E-state index is 0.374. The Morgan fingerprint density at radius 1 is 1.59 bits per heavy atom. The highest BCUT2D eigenvalue weighted by Crippen LogP contribution is 2.35. The predicted molar refractivity (Wildman–Crippen MR) is 66.6 cm³/mol. The van der Waals surface area contributed by atoms with E-state index in [4.69, 9.17) is 15.2 Å². The van der Waals surface area contributed by atoms with E-state index in [1.54, 1.807) is 7.11 Å². The lowest BCUT2D eigenvalue weighted by Gasteiger charge is -2.32. The quantitative estimate of drug-likeness (QED) is 0.737. The highest BCUT2D eigenvalue weighted by Gasteiger charge is 2.30. The van der Waals surface area contributed by atoms with Crippen LogP contribution in [0.4, 0.5) is 10.8 Å². The van der Waals surface area contributed by atoms with E-state index < -0.39 is 5.60 Å². The Morgan fingerprint density at radius 2 is 2.29 bits per heavy atom. The fourth-order valence-corrected chi connectivity index (χ4v) is 2.46. The van der Waals surface area contributed by atoms with Crippen molar-refractivity contribution in [3.63, 3.8) is 0 Å². The van der Waals surface area contributed by atoms with Crippen molar-refractivity contribution in [2.24, 2.45) is 0 Å². The van der Waals surface area contributed by atoms with E-state index in [9.17, 15) is 5.11 Å². The molecule has 2 rings (SSSR count). The third-order valence-electron chi connectivity index (χ3n) is 2.88. The Labute approximate surface area is 104 Å². The number of nitrogen functional groups attached to an aromatic ring is 1.